The molecule has 2 amide bonds. The predicted octanol–water partition coefficient (Wildman–Crippen LogP) is 4.70. The molecule has 0 saturated carbocycles. The Hall–Kier alpha value is -2.96. The Balaban J connectivity index is 1.23. The summed E-state index contributed by atoms with van der Waals surface area (Å²) in [6.07, 6.45) is 2.26. The lowest BCUT2D eigenvalue weighted by Gasteiger charge is -2.43. The van der Waals surface area contributed by atoms with Gasteiger partial charge in [0.1, 0.15) is 0 Å². The van der Waals surface area contributed by atoms with E-state index < -0.39 is 0 Å². The predicted molar refractivity (Wildman–Crippen MR) is 145 cm³/mol. The average Bonchev–Trinajstić information content (AvgIpc) is 3.40. The molecule has 2 atom stereocenters. The molecule has 1 fully saturated rings. The molecule has 0 spiro atoms. The first kappa shape index (κ1) is 24.7. The van der Waals surface area contributed by atoms with Crippen LogP contribution in [0.3, 0.4) is 0 Å². The third-order valence-corrected chi connectivity index (χ3v) is 8.75. The number of piperazine rings is 1. The van der Waals surface area contributed by atoms with Crippen LogP contribution >= 0.6 is 11.3 Å². The second-order valence-electron chi connectivity index (χ2n) is 9.91. The maximum Gasteiger partial charge on any atom is 0.239 e. The van der Waals surface area contributed by atoms with Gasteiger partial charge in [0, 0.05) is 44.0 Å². The van der Waals surface area contributed by atoms with E-state index in [9.17, 15) is 9.59 Å². The molecule has 0 aliphatic carbocycles. The molecule has 2 aromatic carbocycles. The molecule has 3 aromatic rings. The molecular formula is C30H35N3O2S. The van der Waals surface area contributed by atoms with Gasteiger partial charge in [-0.25, -0.2) is 0 Å². The Morgan fingerprint density at radius 1 is 0.889 bits per heavy atom. The van der Waals surface area contributed by atoms with Crippen LogP contribution in [0.5, 0.6) is 0 Å². The van der Waals surface area contributed by atoms with Crippen molar-refractivity contribution in [3.8, 4) is 0 Å². The highest BCUT2D eigenvalue weighted by Crippen LogP contribution is 2.40. The van der Waals surface area contributed by atoms with Crippen LogP contribution in [0.25, 0.3) is 0 Å². The van der Waals surface area contributed by atoms with Crippen LogP contribution in [0.1, 0.15) is 46.5 Å². The number of aryl methyl sites for hydroxylation is 2. The van der Waals surface area contributed by atoms with Crippen molar-refractivity contribution in [2.45, 2.75) is 45.2 Å². The Morgan fingerprint density at radius 3 is 2.33 bits per heavy atom. The summed E-state index contributed by atoms with van der Waals surface area (Å²) in [6, 6.07) is 20.8. The first-order valence-electron chi connectivity index (χ1n) is 13.0. The topological polar surface area (TPSA) is 43.9 Å². The third kappa shape index (κ3) is 5.11. The smallest absolute Gasteiger partial charge is 0.239 e. The van der Waals surface area contributed by atoms with E-state index in [4.69, 9.17) is 0 Å². The average molecular weight is 502 g/mol. The second-order valence-corrected chi connectivity index (χ2v) is 10.9. The van der Waals surface area contributed by atoms with Gasteiger partial charge in [-0.1, -0.05) is 54.6 Å². The van der Waals surface area contributed by atoms with Gasteiger partial charge in [0.25, 0.3) is 0 Å². The molecule has 36 heavy (non-hydrogen) atoms. The van der Waals surface area contributed by atoms with Gasteiger partial charge in [-0.05, 0) is 60.4 Å². The lowest BCUT2D eigenvalue weighted by Crippen LogP contribution is -2.56. The fourth-order valence-electron chi connectivity index (χ4n) is 5.63. The number of thiophene rings is 1. The normalized spacial score (nSPS) is 19.1. The first-order chi connectivity index (χ1) is 17.5. The van der Waals surface area contributed by atoms with E-state index in [0.29, 0.717) is 32.6 Å². The van der Waals surface area contributed by atoms with Crippen LogP contribution in [-0.4, -0.2) is 65.3 Å². The molecule has 1 saturated heterocycles. The summed E-state index contributed by atoms with van der Waals surface area (Å²) < 4.78 is 0. The number of fused-ring (bicyclic) bond motifs is 1. The summed E-state index contributed by atoms with van der Waals surface area (Å²) in [5.74, 6) is 0.350. The van der Waals surface area contributed by atoms with E-state index >= 15 is 0 Å². The molecule has 2 unspecified atom stereocenters. The zero-order valence-electron chi connectivity index (χ0n) is 21.2. The molecule has 2 aliphatic rings. The lowest BCUT2D eigenvalue weighted by atomic mass is 9.89. The molecule has 188 valence electrons. The van der Waals surface area contributed by atoms with Crippen molar-refractivity contribution < 1.29 is 9.59 Å². The zero-order valence-corrected chi connectivity index (χ0v) is 22.0. The van der Waals surface area contributed by atoms with Gasteiger partial charge >= 0.3 is 0 Å². The molecule has 3 heterocycles. The number of hydrogen-bond donors (Lipinski definition) is 0. The summed E-state index contributed by atoms with van der Waals surface area (Å²) in [5, 5.41) is 2.18. The first-order valence-corrected chi connectivity index (χ1v) is 13.9. The van der Waals surface area contributed by atoms with Gasteiger partial charge < -0.3 is 9.80 Å². The quantitative estimate of drug-likeness (QED) is 0.492. The van der Waals surface area contributed by atoms with E-state index in [-0.39, 0.29) is 23.9 Å². The summed E-state index contributed by atoms with van der Waals surface area (Å²) >= 11 is 1.83. The SMILES string of the molecule is Cc1ccccc1C1c2ccsc2CCN1C(C)C(=O)N1CCN(C(=O)CCc2ccccc2)CC1. The second kappa shape index (κ2) is 11.0. The minimum absolute atomic E-state index is 0.0982. The maximum atomic E-state index is 13.7. The van der Waals surface area contributed by atoms with Crippen LogP contribution < -0.4 is 0 Å². The van der Waals surface area contributed by atoms with Crippen molar-refractivity contribution in [2.24, 2.45) is 0 Å². The van der Waals surface area contributed by atoms with Gasteiger partial charge in [-0.3, -0.25) is 14.5 Å². The maximum absolute atomic E-state index is 13.7. The highest BCUT2D eigenvalue weighted by molar-refractivity contribution is 7.10. The van der Waals surface area contributed by atoms with Crippen LogP contribution in [0, 0.1) is 6.92 Å². The zero-order chi connectivity index (χ0) is 25.1. The number of carbonyl (C=O) groups excluding carboxylic acids is 2. The number of amides is 2. The fourth-order valence-corrected chi connectivity index (χ4v) is 6.53. The van der Waals surface area contributed by atoms with Crippen molar-refractivity contribution in [2.75, 3.05) is 32.7 Å². The van der Waals surface area contributed by atoms with Crippen molar-refractivity contribution >= 4 is 23.2 Å². The minimum atomic E-state index is -0.219. The summed E-state index contributed by atoms with van der Waals surface area (Å²) in [7, 11) is 0. The van der Waals surface area contributed by atoms with E-state index in [1.54, 1.807) is 0 Å². The van der Waals surface area contributed by atoms with Crippen LogP contribution in [-0.2, 0) is 22.4 Å². The number of benzene rings is 2. The van der Waals surface area contributed by atoms with E-state index in [1.807, 2.05) is 39.3 Å². The van der Waals surface area contributed by atoms with Crippen molar-refractivity contribution in [1.82, 2.24) is 14.7 Å². The molecule has 6 heteroatoms. The van der Waals surface area contributed by atoms with Crippen molar-refractivity contribution in [3.05, 3.63) is 93.2 Å². The van der Waals surface area contributed by atoms with Gasteiger partial charge in [0.2, 0.25) is 11.8 Å². The number of rotatable bonds is 6. The summed E-state index contributed by atoms with van der Waals surface area (Å²) in [5.41, 5.74) is 5.07. The van der Waals surface area contributed by atoms with Crippen molar-refractivity contribution in [3.63, 3.8) is 0 Å². The Morgan fingerprint density at radius 2 is 1.58 bits per heavy atom. The molecule has 2 aliphatic heterocycles. The van der Waals surface area contributed by atoms with E-state index in [0.717, 1.165) is 19.4 Å². The molecule has 5 rings (SSSR count). The molecule has 0 radical (unpaired) electrons. The van der Waals surface area contributed by atoms with Gasteiger partial charge in [-0.2, -0.15) is 0 Å². The highest BCUT2D eigenvalue weighted by atomic mass is 32.1. The standard InChI is InChI=1S/C30H35N3O2S/c1-22-8-6-7-11-25(22)29-26-15-21-36-27(26)14-16-33(29)23(2)30(35)32-19-17-31(18-20-32)28(34)13-12-24-9-4-3-5-10-24/h3-11,15,21,23,29H,12-14,16-20H2,1-2H3. The van der Waals surface area contributed by atoms with Crippen LogP contribution in [0.4, 0.5) is 0 Å². The third-order valence-electron chi connectivity index (χ3n) is 7.76. The number of nitrogens with zero attached hydrogens (tertiary/aromatic N) is 3. The van der Waals surface area contributed by atoms with Gasteiger partial charge in [-0.15, -0.1) is 11.3 Å². The highest BCUT2D eigenvalue weighted by Gasteiger charge is 2.37. The van der Waals surface area contributed by atoms with Gasteiger partial charge in [0.05, 0.1) is 12.1 Å². The van der Waals surface area contributed by atoms with E-state index in [1.165, 1.54) is 27.1 Å². The monoisotopic (exact) mass is 501 g/mol. The fraction of sp³-hybridized carbons (Fsp3) is 0.400. The van der Waals surface area contributed by atoms with Crippen LogP contribution in [0.2, 0.25) is 0 Å². The summed E-state index contributed by atoms with van der Waals surface area (Å²) in [6.45, 7) is 7.53. The Bertz CT molecular complexity index is 1200. The molecule has 0 bridgehead atoms. The number of carbonyl (C=O) groups is 2. The summed E-state index contributed by atoms with van der Waals surface area (Å²) in [4.78, 5) is 34.2. The molecule has 0 N–H and O–H groups in total. The molecule has 1 aromatic heterocycles. The number of hydrogen-bond acceptors (Lipinski definition) is 4. The Labute approximate surface area is 218 Å². The van der Waals surface area contributed by atoms with Crippen molar-refractivity contribution in [1.29, 1.82) is 0 Å². The largest absolute Gasteiger partial charge is 0.339 e. The van der Waals surface area contributed by atoms with E-state index in [2.05, 4.69) is 66.6 Å². The van der Waals surface area contributed by atoms with Crippen LogP contribution in [0.15, 0.2) is 66.0 Å². The molecular weight excluding hydrogens is 466 g/mol. The minimum Gasteiger partial charge on any atom is -0.339 e. The molecule has 5 nitrogen and oxygen atoms in total. The Kier molecular flexibility index (Phi) is 7.54. The lowest BCUT2D eigenvalue weighted by molar-refractivity contribution is -0.143. The van der Waals surface area contributed by atoms with Gasteiger partial charge in [0.15, 0.2) is 0 Å².